The van der Waals surface area contributed by atoms with Gasteiger partial charge in [0.2, 0.25) is 0 Å². The molecule has 0 fully saturated rings. The summed E-state index contributed by atoms with van der Waals surface area (Å²) in [5.74, 6) is 0.0548. The number of carbonyl (C=O) groups is 2. The van der Waals surface area contributed by atoms with Crippen molar-refractivity contribution in [3.05, 3.63) is 97.5 Å². The lowest BCUT2D eigenvalue weighted by Crippen LogP contribution is -1.99. The van der Waals surface area contributed by atoms with Gasteiger partial charge in [0, 0.05) is 22.1 Å². The van der Waals surface area contributed by atoms with Crippen LogP contribution >= 0.6 is 34.5 Å². The first-order chi connectivity index (χ1) is 14.5. The minimum Gasteiger partial charge on any atom is -0.456 e. The van der Waals surface area contributed by atoms with Crippen molar-refractivity contribution < 1.29 is 14.0 Å². The molecule has 6 heteroatoms. The molecule has 0 spiro atoms. The molecule has 146 valence electrons. The summed E-state index contributed by atoms with van der Waals surface area (Å²) in [5.41, 5.74) is 2.47. The monoisotopic (exact) mass is 450 g/mol. The summed E-state index contributed by atoms with van der Waals surface area (Å²) in [7, 11) is 0. The average molecular weight is 451 g/mol. The van der Waals surface area contributed by atoms with E-state index in [-0.39, 0.29) is 38.3 Å². The van der Waals surface area contributed by atoms with Crippen molar-refractivity contribution in [3.63, 3.8) is 0 Å². The van der Waals surface area contributed by atoms with E-state index < -0.39 is 0 Å². The van der Waals surface area contributed by atoms with Crippen LogP contribution in [0.2, 0.25) is 10.0 Å². The summed E-state index contributed by atoms with van der Waals surface area (Å²) >= 11 is 13.5. The van der Waals surface area contributed by atoms with Crippen LogP contribution in [0.4, 0.5) is 0 Å². The fraction of sp³-hybridized carbons (Fsp3) is 0. The number of hydrogen-bond acceptors (Lipinski definition) is 4. The molecule has 0 bridgehead atoms. The molecule has 0 saturated heterocycles. The lowest BCUT2D eigenvalue weighted by atomic mass is 10.1. The number of carbonyl (C=O) groups excluding carboxylic acids is 2. The van der Waals surface area contributed by atoms with Crippen LogP contribution in [-0.2, 0) is 0 Å². The van der Waals surface area contributed by atoms with E-state index in [1.54, 1.807) is 6.08 Å². The maximum atomic E-state index is 12.7. The Kier molecular flexibility index (Phi) is 4.70. The lowest BCUT2D eigenvalue weighted by Gasteiger charge is -1.98. The fourth-order valence-corrected chi connectivity index (χ4v) is 4.66. The van der Waals surface area contributed by atoms with Crippen molar-refractivity contribution in [3.8, 4) is 0 Å². The summed E-state index contributed by atoms with van der Waals surface area (Å²) in [4.78, 5) is 26.1. The second-order valence-corrected chi connectivity index (χ2v) is 8.73. The summed E-state index contributed by atoms with van der Waals surface area (Å²) in [5, 5.41) is 0.505. The molecule has 0 radical (unpaired) electrons. The van der Waals surface area contributed by atoms with Crippen molar-refractivity contribution in [2.24, 2.45) is 0 Å². The number of rotatable bonds is 3. The zero-order valence-corrected chi connectivity index (χ0v) is 17.6. The van der Waals surface area contributed by atoms with E-state index >= 15 is 0 Å². The van der Waals surface area contributed by atoms with Crippen LogP contribution < -0.4 is 0 Å². The van der Waals surface area contributed by atoms with Crippen LogP contribution in [0.25, 0.3) is 28.5 Å². The van der Waals surface area contributed by atoms with Crippen LogP contribution in [0.1, 0.15) is 36.9 Å². The van der Waals surface area contributed by atoms with Gasteiger partial charge < -0.3 is 4.42 Å². The van der Waals surface area contributed by atoms with Crippen LogP contribution in [0.3, 0.4) is 0 Å². The maximum absolute atomic E-state index is 12.7. The number of hydrogen-bond donors (Lipinski definition) is 0. The summed E-state index contributed by atoms with van der Waals surface area (Å²) < 4.78 is 6.81. The predicted octanol–water partition coefficient (Wildman–Crippen LogP) is 7.43. The number of halogens is 2. The van der Waals surface area contributed by atoms with Gasteiger partial charge in [-0.05, 0) is 35.9 Å². The Morgan fingerprint density at radius 3 is 2.13 bits per heavy atom. The Hall–Kier alpha value is -2.92. The third kappa shape index (κ3) is 3.33. The van der Waals surface area contributed by atoms with Gasteiger partial charge in [-0.25, -0.2) is 0 Å². The number of furan rings is 1. The molecular formula is C24H12Cl2O3S. The number of fused-ring (bicyclic) bond motifs is 2. The Labute approximate surface area is 185 Å². The second kappa shape index (κ2) is 7.40. The van der Waals surface area contributed by atoms with Crippen LogP contribution in [0, 0.1) is 0 Å². The first kappa shape index (κ1) is 19.1. The highest BCUT2D eigenvalue weighted by molar-refractivity contribution is 7.19. The van der Waals surface area contributed by atoms with Gasteiger partial charge in [0.1, 0.15) is 11.3 Å². The topological polar surface area (TPSA) is 47.3 Å². The normalized spacial score (nSPS) is 13.6. The van der Waals surface area contributed by atoms with Crippen molar-refractivity contribution >= 4 is 74.6 Å². The van der Waals surface area contributed by atoms with Crippen LogP contribution in [-0.4, -0.2) is 11.6 Å². The lowest BCUT2D eigenvalue weighted by molar-refractivity contribution is 0.0990. The van der Waals surface area contributed by atoms with E-state index in [4.69, 9.17) is 27.6 Å². The SMILES string of the molecule is O=C1C(=Cc2cc3oc(/C=C/c4ccccc4)cc3s2)C(=O)c2cc(Cl)c(Cl)cc21. The van der Waals surface area contributed by atoms with E-state index in [1.165, 1.54) is 23.5 Å². The van der Waals surface area contributed by atoms with Crippen LogP contribution in [0.15, 0.2) is 64.6 Å². The summed E-state index contributed by atoms with van der Waals surface area (Å²) in [6.45, 7) is 0. The van der Waals surface area contributed by atoms with Gasteiger partial charge in [-0.15, -0.1) is 11.3 Å². The molecule has 0 aliphatic heterocycles. The largest absolute Gasteiger partial charge is 0.456 e. The zero-order valence-electron chi connectivity index (χ0n) is 15.3. The molecule has 0 amide bonds. The Morgan fingerprint density at radius 2 is 1.50 bits per heavy atom. The summed E-state index contributed by atoms with van der Waals surface area (Å²) in [6, 6.07) is 16.6. The Morgan fingerprint density at radius 1 is 0.833 bits per heavy atom. The number of Topliss-reactive ketones (excluding diaryl/α,β-unsaturated/α-hetero) is 2. The molecule has 2 aromatic heterocycles. The Bertz CT molecular complexity index is 1320. The van der Waals surface area contributed by atoms with Gasteiger partial charge in [0.15, 0.2) is 11.6 Å². The minimum atomic E-state index is -0.343. The fourth-order valence-electron chi connectivity index (χ4n) is 3.36. The number of benzene rings is 2. The van der Waals surface area contributed by atoms with E-state index in [2.05, 4.69) is 0 Å². The Balaban J connectivity index is 1.44. The molecule has 2 heterocycles. The highest BCUT2D eigenvalue weighted by atomic mass is 35.5. The molecule has 30 heavy (non-hydrogen) atoms. The van der Waals surface area contributed by atoms with Crippen molar-refractivity contribution in [2.75, 3.05) is 0 Å². The molecule has 4 aromatic rings. The summed E-state index contributed by atoms with van der Waals surface area (Å²) in [6.07, 6.45) is 5.50. The van der Waals surface area contributed by atoms with Crippen molar-refractivity contribution in [1.29, 1.82) is 0 Å². The van der Waals surface area contributed by atoms with E-state index in [1.807, 2.05) is 54.6 Å². The molecule has 1 aliphatic rings. The number of thiophene rings is 1. The smallest absolute Gasteiger partial charge is 0.197 e. The van der Waals surface area contributed by atoms with Gasteiger partial charge in [0.25, 0.3) is 0 Å². The maximum Gasteiger partial charge on any atom is 0.197 e. The molecule has 0 atom stereocenters. The van der Waals surface area contributed by atoms with Crippen molar-refractivity contribution in [1.82, 2.24) is 0 Å². The van der Waals surface area contributed by atoms with Gasteiger partial charge in [-0.3, -0.25) is 9.59 Å². The zero-order chi connectivity index (χ0) is 20.8. The van der Waals surface area contributed by atoms with Gasteiger partial charge in [-0.2, -0.15) is 0 Å². The first-order valence-corrected chi connectivity index (χ1v) is 10.6. The predicted molar refractivity (Wildman–Crippen MR) is 123 cm³/mol. The minimum absolute atomic E-state index is 0.108. The molecule has 0 unspecified atom stereocenters. The number of allylic oxidation sites excluding steroid dienone is 1. The molecule has 2 aromatic carbocycles. The average Bonchev–Trinajstić information content (AvgIpc) is 3.35. The first-order valence-electron chi connectivity index (χ1n) is 9.06. The third-order valence-corrected chi connectivity index (χ3v) is 6.54. The molecule has 5 rings (SSSR count). The van der Waals surface area contributed by atoms with Gasteiger partial charge in [0.05, 0.1) is 20.3 Å². The quantitative estimate of drug-likeness (QED) is 0.240. The standard InChI is InChI=1S/C24H12Cl2O3S/c25-19-11-16-17(12-20(19)26)24(28)18(23(16)27)9-15-10-21-22(30-15)8-14(29-21)7-6-13-4-2-1-3-5-13/h1-12H/b7-6+. The van der Waals surface area contributed by atoms with Crippen molar-refractivity contribution in [2.45, 2.75) is 0 Å². The molecule has 1 aliphatic carbocycles. The third-order valence-electron chi connectivity index (χ3n) is 4.81. The molecule has 3 nitrogen and oxygen atoms in total. The highest BCUT2D eigenvalue weighted by Gasteiger charge is 2.34. The van der Waals surface area contributed by atoms with E-state index in [9.17, 15) is 9.59 Å². The van der Waals surface area contributed by atoms with E-state index in [0.717, 1.165) is 20.9 Å². The van der Waals surface area contributed by atoms with E-state index in [0.29, 0.717) is 5.58 Å². The molecular weight excluding hydrogens is 439 g/mol. The molecule has 0 N–H and O–H groups in total. The highest BCUT2D eigenvalue weighted by Crippen LogP contribution is 2.36. The van der Waals surface area contributed by atoms with Gasteiger partial charge in [-0.1, -0.05) is 59.6 Å². The van der Waals surface area contributed by atoms with Gasteiger partial charge >= 0.3 is 0 Å². The second-order valence-electron chi connectivity index (χ2n) is 6.80. The molecule has 0 saturated carbocycles. The number of ketones is 2. The van der Waals surface area contributed by atoms with Crippen LogP contribution in [0.5, 0.6) is 0 Å².